The van der Waals surface area contributed by atoms with Crippen LogP contribution in [0.25, 0.3) is 0 Å². The highest BCUT2D eigenvalue weighted by Crippen LogP contribution is 2.22. The highest BCUT2D eigenvalue weighted by molar-refractivity contribution is 8.01. The molecule has 21 heavy (non-hydrogen) atoms. The van der Waals surface area contributed by atoms with Crippen LogP contribution < -0.4 is 5.32 Å². The molecule has 0 saturated heterocycles. The van der Waals surface area contributed by atoms with Gasteiger partial charge in [-0.15, -0.1) is 23.1 Å². The smallest absolute Gasteiger partial charge is 0.230 e. The van der Waals surface area contributed by atoms with Gasteiger partial charge in [0.25, 0.3) is 0 Å². The van der Waals surface area contributed by atoms with E-state index in [-0.39, 0.29) is 5.91 Å². The molecule has 3 nitrogen and oxygen atoms in total. The lowest BCUT2D eigenvalue weighted by atomic mass is 10.2. The Balaban J connectivity index is 1.59. The number of thiazole rings is 1. The zero-order valence-corrected chi connectivity index (χ0v) is 14.5. The van der Waals surface area contributed by atoms with E-state index in [2.05, 4.69) is 41.5 Å². The van der Waals surface area contributed by atoms with Crippen LogP contribution in [0.3, 0.4) is 0 Å². The highest BCUT2D eigenvalue weighted by atomic mass is 32.2. The Bertz CT molecular complexity index is 581. The first-order chi connectivity index (χ1) is 10.1. The van der Waals surface area contributed by atoms with Gasteiger partial charge < -0.3 is 5.32 Å². The maximum atomic E-state index is 11.7. The number of aryl methyl sites for hydroxylation is 2. The molecule has 0 atom stereocenters. The van der Waals surface area contributed by atoms with E-state index in [1.807, 2.05) is 12.3 Å². The Morgan fingerprint density at radius 3 is 2.67 bits per heavy atom. The Morgan fingerprint density at radius 2 is 2.00 bits per heavy atom. The maximum Gasteiger partial charge on any atom is 0.230 e. The summed E-state index contributed by atoms with van der Waals surface area (Å²) in [6.45, 7) is 4.73. The van der Waals surface area contributed by atoms with Crippen molar-refractivity contribution in [2.24, 2.45) is 0 Å². The number of carbonyl (C=O) groups excluding carboxylic acids is 1. The van der Waals surface area contributed by atoms with Crippen LogP contribution >= 0.6 is 34.9 Å². The molecule has 0 unspecified atom stereocenters. The number of nitrogens with zero attached hydrogens (tertiary/aromatic N) is 1. The molecule has 6 heteroatoms. The van der Waals surface area contributed by atoms with E-state index in [0.29, 0.717) is 12.3 Å². The Kier molecular flexibility index (Phi) is 6.60. The average Bonchev–Trinajstić information content (AvgIpc) is 2.89. The molecule has 0 aliphatic heterocycles. The Morgan fingerprint density at radius 1 is 1.24 bits per heavy atom. The molecule has 0 fully saturated rings. The molecule has 0 spiro atoms. The van der Waals surface area contributed by atoms with Gasteiger partial charge in [-0.25, -0.2) is 4.98 Å². The van der Waals surface area contributed by atoms with Crippen LogP contribution in [0.5, 0.6) is 0 Å². The van der Waals surface area contributed by atoms with Crippen molar-refractivity contribution in [3.05, 3.63) is 40.9 Å². The summed E-state index contributed by atoms with van der Waals surface area (Å²) in [5.41, 5.74) is 2.28. The first-order valence-corrected chi connectivity index (χ1v) is 9.49. The van der Waals surface area contributed by atoms with Gasteiger partial charge in [0.05, 0.1) is 5.75 Å². The lowest BCUT2D eigenvalue weighted by molar-refractivity contribution is -0.118. The summed E-state index contributed by atoms with van der Waals surface area (Å²) in [5.74, 6) is 1.38. The largest absolute Gasteiger partial charge is 0.355 e. The van der Waals surface area contributed by atoms with Crippen molar-refractivity contribution in [1.29, 1.82) is 0 Å². The van der Waals surface area contributed by atoms with Crippen LogP contribution in [0.1, 0.15) is 11.3 Å². The fraction of sp³-hybridized carbons (Fsp3) is 0.333. The van der Waals surface area contributed by atoms with Gasteiger partial charge in [0, 0.05) is 28.3 Å². The van der Waals surface area contributed by atoms with E-state index in [1.54, 1.807) is 23.1 Å². The van der Waals surface area contributed by atoms with Gasteiger partial charge in [-0.05, 0) is 26.0 Å². The van der Waals surface area contributed by atoms with E-state index in [9.17, 15) is 4.79 Å². The molecule has 1 heterocycles. The second-order valence-electron chi connectivity index (χ2n) is 4.55. The molecule has 0 aliphatic rings. The number of nitrogens with one attached hydrogen (secondary N) is 1. The molecular formula is C15H18N2OS3. The molecule has 0 radical (unpaired) electrons. The van der Waals surface area contributed by atoms with Crippen molar-refractivity contribution in [3.8, 4) is 0 Å². The van der Waals surface area contributed by atoms with Crippen molar-refractivity contribution in [2.45, 2.75) is 23.1 Å². The predicted molar refractivity (Wildman–Crippen MR) is 92.5 cm³/mol. The average molecular weight is 339 g/mol. The highest BCUT2D eigenvalue weighted by Gasteiger charge is 2.05. The second-order valence-corrected chi connectivity index (χ2v) is 7.80. The molecule has 1 N–H and O–H groups in total. The van der Waals surface area contributed by atoms with Crippen LogP contribution in [0, 0.1) is 13.8 Å². The number of rotatable bonds is 7. The van der Waals surface area contributed by atoms with Crippen molar-refractivity contribution in [2.75, 3.05) is 18.1 Å². The molecule has 1 amide bonds. The molecule has 0 aliphatic carbocycles. The third kappa shape index (κ3) is 6.11. The fourth-order valence-electron chi connectivity index (χ4n) is 1.57. The van der Waals surface area contributed by atoms with Crippen LogP contribution in [-0.4, -0.2) is 28.9 Å². The summed E-state index contributed by atoms with van der Waals surface area (Å²) in [6, 6.07) is 8.44. The summed E-state index contributed by atoms with van der Waals surface area (Å²) >= 11 is 4.84. The van der Waals surface area contributed by atoms with Gasteiger partial charge in [-0.1, -0.05) is 29.5 Å². The Hall–Kier alpha value is -0.980. The molecule has 1 aromatic heterocycles. The SMILES string of the molecule is Cc1ccc(SCCNC(=O)CSc2nc(C)cs2)cc1. The van der Waals surface area contributed by atoms with E-state index in [1.165, 1.54) is 22.2 Å². The molecular weight excluding hydrogens is 320 g/mol. The third-order valence-electron chi connectivity index (χ3n) is 2.64. The molecule has 1 aromatic carbocycles. The zero-order valence-electron chi connectivity index (χ0n) is 12.1. The lowest BCUT2D eigenvalue weighted by Crippen LogP contribution is -2.27. The van der Waals surface area contributed by atoms with Gasteiger partial charge >= 0.3 is 0 Å². The quantitative estimate of drug-likeness (QED) is 0.616. The summed E-state index contributed by atoms with van der Waals surface area (Å²) < 4.78 is 0.955. The van der Waals surface area contributed by atoms with Gasteiger partial charge in [0.2, 0.25) is 5.91 Å². The molecule has 2 rings (SSSR count). The van der Waals surface area contributed by atoms with Gasteiger partial charge in [0.15, 0.2) is 4.34 Å². The zero-order chi connectivity index (χ0) is 15.1. The van der Waals surface area contributed by atoms with Crippen LogP contribution in [0.2, 0.25) is 0 Å². The number of hydrogen-bond acceptors (Lipinski definition) is 5. The number of aromatic nitrogens is 1. The minimum atomic E-state index is 0.0670. The number of hydrogen-bond donors (Lipinski definition) is 1. The number of amides is 1. The minimum Gasteiger partial charge on any atom is -0.355 e. The first kappa shape index (κ1) is 16.4. The van der Waals surface area contributed by atoms with E-state index in [4.69, 9.17) is 0 Å². The van der Waals surface area contributed by atoms with E-state index >= 15 is 0 Å². The molecule has 2 aromatic rings. The van der Waals surface area contributed by atoms with Crippen LogP contribution in [0.15, 0.2) is 38.9 Å². The summed E-state index contributed by atoms with van der Waals surface area (Å²) in [4.78, 5) is 17.3. The van der Waals surface area contributed by atoms with Crippen molar-refractivity contribution in [1.82, 2.24) is 10.3 Å². The van der Waals surface area contributed by atoms with Crippen molar-refractivity contribution >= 4 is 40.8 Å². The number of carbonyl (C=O) groups is 1. The maximum absolute atomic E-state index is 11.7. The summed E-state index contributed by atoms with van der Waals surface area (Å²) in [5, 5.41) is 4.94. The van der Waals surface area contributed by atoms with Gasteiger partial charge in [-0.2, -0.15) is 0 Å². The van der Waals surface area contributed by atoms with Crippen molar-refractivity contribution < 1.29 is 4.79 Å². The first-order valence-electron chi connectivity index (χ1n) is 6.64. The predicted octanol–water partition coefficient (Wildman–Crippen LogP) is 3.76. The lowest BCUT2D eigenvalue weighted by Gasteiger charge is -2.04. The van der Waals surface area contributed by atoms with E-state index in [0.717, 1.165) is 15.8 Å². The fourth-order valence-corrected chi connectivity index (χ4v) is 4.02. The van der Waals surface area contributed by atoms with Gasteiger partial charge in [-0.3, -0.25) is 4.79 Å². The van der Waals surface area contributed by atoms with Crippen molar-refractivity contribution in [3.63, 3.8) is 0 Å². The Labute approximate surface area is 137 Å². The molecule has 0 saturated carbocycles. The normalized spacial score (nSPS) is 10.6. The van der Waals surface area contributed by atoms with Gasteiger partial charge in [0.1, 0.15) is 0 Å². The third-order valence-corrected chi connectivity index (χ3v) is 5.79. The topological polar surface area (TPSA) is 42.0 Å². The van der Waals surface area contributed by atoms with E-state index < -0.39 is 0 Å². The summed E-state index contributed by atoms with van der Waals surface area (Å²) in [6.07, 6.45) is 0. The number of thioether (sulfide) groups is 2. The molecule has 112 valence electrons. The van der Waals surface area contributed by atoms with Crippen LogP contribution in [-0.2, 0) is 4.79 Å². The second kappa shape index (κ2) is 8.46. The van der Waals surface area contributed by atoms with Crippen LogP contribution in [0.4, 0.5) is 0 Å². The minimum absolute atomic E-state index is 0.0670. The summed E-state index contributed by atoms with van der Waals surface area (Å²) in [7, 11) is 0. The molecule has 0 bridgehead atoms. The standard InChI is InChI=1S/C15H18N2OS3/c1-11-3-5-13(6-4-11)19-8-7-16-14(18)10-21-15-17-12(2)9-20-15/h3-6,9H,7-8,10H2,1-2H3,(H,16,18). The number of benzene rings is 1. The monoisotopic (exact) mass is 338 g/mol.